The fourth-order valence-electron chi connectivity index (χ4n) is 1.92. The lowest BCUT2D eigenvalue weighted by Gasteiger charge is -2.18. The second-order valence-corrected chi connectivity index (χ2v) is 4.87. The molecule has 6 heteroatoms. The highest BCUT2D eigenvalue weighted by molar-refractivity contribution is 5.79. The molecule has 1 atom stereocenters. The number of aliphatic hydroxyl groups is 1. The van der Waals surface area contributed by atoms with Gasteiger partial charge in [-0.25, -0.2) is 4.79 Å². The Hall–Kier alpha value is -2.08. The zero-order valence-corrected chi connectivity index (χ0v) is 11.6. The maximum atomic E-state index is 12.1. The van der Waals surface area contributed by atoms with E-state index >= 15 is 0 Å². The Balaban J connectivity index is 2.14. The maximum absolute atomic E-state index is 12.1. The van der Waals surface area contributed by atoms with E-state index in [-0.39, 0.29) is 12.5 Å². The molecule has 6 nitrogen and oxygen atoms in total. The molecule has 0 saturated heterocycles. The van der Waals surface area contributed by atoms with Gasteiger partial charge < -0.3 is 14.4 Å². The summed E-state index contributed by atoms with van der Waals surface area (Å²) in [6.45, 7) is 2.06. The Morgan fingerprint density at radius 1 is 1.45 bits per heavy atom. The van der Waals surface area contributed by atoms with Gasteiger partial charge in [0.2, 0.25) is 5.91 Å². The standard InChI is InChI=1S/C14H18N2O4/c1-10(17)7-8-15(2)13(18)9-16-11-5-3-4-6-12(11)20-14(16)19/h3-6,10,17H,7-9H2,1-2H3. The van der Waals surface area contributed by atoms with Crippen molar-refractivity contribution in [2.75, 3.05) is 13.6 Å². The van der Waals surface area contributed by atoms with Gasteiger partial charge in [0, 0.05) is 13.6 Å². The molecule has 1 N–H and O–H groups in total. The fourth-order valence-corrected chi connectivity index (χ4v) is 1.92. The van der Waals surface area contributed by atoms with E-state index in [4.69, 9.17) is 4.42 Å². The van der Waals surface area contributed by atoms with Gasteiger partial charge >= 0.3 is 5.76 Å². The van der Waals surface area contributed by atoms with Crippen LogP contribution in [-0.2, 0) is 11.3 Å². The number of para-hydroxylation sites is 2. The number of rotatable bonds is 5. The van der Waals surface area contributed by atoms with E-state index in [9.17, 15) is 14.7 Å². The van der Waals surface area contributed by atoms with Gasteiger partial charge in [0.1, 0.15) is 6.54 Å². The molecule has 2 aromatic rings. The number of carbonyl (C=O) groups is 1. The van der Waals surface area contributed by atoms with E-state index in [1.807, 2.05) is 0 Å². The summed E-state index contributed by atoms with van der Waals surface area (Å²) in [5.41, 5.74) is 1.08. The van der Waals surface area contributed by atoms with Crippen LogP contribution in [0.4, 0.5) is 0 Å². The highest BCUT2D eigenvalue weighted by Crippen LogP contribution is 2.11. The second-order valence-electron chi connectivity index (χ2n) is 4.87. The molecule has 0 spiro atoms. The van der Waals surface area contributed by atoms with Crippen LogP contribution < -0.4 is 5.76 Å². The van der Waals surface area contributed by atoms with Crippen molar-refractivity contribution in [2.24, 2.45) is 0 Å². The van der Waals surface area contributed by atoms with Crippen LogP contribution >= 0.6 is 0 Å². The van der Waals surface area contributed by atoms with Crippen molar-refractivity contribution in [1.82, 2.24) is 9.47 Å². The molecule has 1 amide bonds. The van der Waals surface area contributed by atoms with Crippen LogP contribution in [0.1, 0.15) is 13.3 Å². The Morgan fingerprint density at radius 3 is 2.85 bits per heavy atom. The summed E-state index contributed by atoms with van der Waals surface area (Å²) in [4.78, 5) is 25.3. The van der Waals surface area contributed by atoms with Crippen LogP contribution in [-0.4, -0.2) is 40.2 Å². The Bertz CT molecular complexity index is 656. The molecular weight excluding hydrogens is 260 g/mol. The quantitative estimate of drug-likeness (QED) is 0.878. The number of benzene rings is 1. The molecule has 0 aliphatic rings. The van der Waals surface area contributed by atoms with Gasteiger partial charge in [-0.15, -0.1) is 0 Å². The number of nitrogens with zero attached hydrogens (tertiary/aromatic N) is 2. The van der Waals surface area contributed by atoms with E-state index in [1.165, 1.54) is 9.47 Å². The maximum Gasteiger partial charge on any atom is 0.420 e. The summed E-state index contributed by atoms with van der Waals surface area (Å²) in [5, 5.41) is 9.22. The molecule has 1 aromatic heterocycles. The van der Waals surface area contributed by atoms with Gasteiger partial charge in [0.15, 0.2) is 5.58 Å². The van der Waals surface area contributed by atoms with E-state index in [0.29, 0.717) is 24.1 Å². The number of likely N-dealkylation sites (N-methyl/N-ethyl adjacent to an activating group) is 1. The first-order valence-corrected chi connectivity index (χ1v) is 6.49. The predicted octanol–water partition coefficient (Wildman–Crippen LogP) is 0.824. The normalized spacial score (nSPS) is 12.6. The molecule has 0 aliphatic heterocycles. The Kier molecular flexibility index (Phi) is 4.24. The fraction of sp³-hybridized carbons (Fsp3) is 0.429. The molecule has 108 valence electrons. The minimum absolute atomic E-state index is 0.0633. The SMILES string of the molecule is CC(O)CCN(C)C(=O)Cn1c(=O)oc2ccccc21. The van der Waals surface area contributed by atoms with Gasteiger partial charge in [-0.05, 0) is 25.5 Å². The van der Waals surface area contributed by atoms with Crippen LogP contribution in [0.25, 0.3) is 11.1 Å². The summed E-state index contributed by atoms with van der Waals surface area (Å²) in [6.07, 6.45) is 0.0474. The number of amides is 1. The van der Waals surface area contributed by atoms with Crippen LogP contribution in [0.5, 0.6) is 0 Å². The number of aromatic nitrogens is 1. The number of hydrogen-bond acceptors (Lipinski definition) is 4. The van der Waals surface area contributed by atoms with E-state index in [1.54, 1.807) is 38.2 Å². The van der Waals surface area contributed by atoms with Crippen LogP contribution in [0.3, 0.4) is 0 Å². The van der Waals surface area contributed by atoms with Crippen molar-refractivity contribution in [3.8, 4) is 0 Å². The number of aliphatic hydroxyl groups excluding tert-OH is 1. The number of oxazole rings is 1. The zero-order chi connectivity index (χ0) is 14.7. The first-order chi connectivity index (χ1) is 9.49. The van der Waals surface area contributed by atoms with Crippen molar-refractivity contribution in [3.63, 3.8) is 0 Å². The van der Waals surface area contributed by atoms with Gasteiger partial charge in [0.25, 0.3) is 0 Å². The third-order valence-corrected chi connectivity index (χ3v) is 3.18. The minimum atomic E-state index is -0.538. The molecule has 0 bridgehead atoms. The first-order valence-electron chi connectivity index (χ1n) is 6.49. The second kappa shape index (κ2) is 5.92. The van der Waals surface area contributed by atoms with Crippen molar-refractivity contribution in [3.05, 3.63) is 34.8 Å². The molecule has 20 heavy (non-hydrogen) atoms. The molecule has 1 unspecified atom stereocenters. The summed E-state index contributed by atoms with van der Waals surface area (Å²) >= 11 is 0. The number of hydrogen-bond donors (Lipinski definition) is 1. The topological polar surface area (TPSA) is 75.7 Å². The molecular formula is C14H18N2O4. The van der Waals surface area contributed by atoms with Crippen molar-refractivity contribution < 1.29 is 14.3 Å². The summed E-state index contributed by atoms with van der Waals surface area (Å²) in [7, 11) is 1.65. The van der Waals surface area contributed by atoms with Gasteiger partial charge in [0.05, 0.1) is 11.6 Å². The van der Waals surface area contributed by atoms with Crippen LogP contribution in [0.15, 0.2) is 33.5 Å². The average Bonchev–Trinajstić information content (AvgIpc) is 2.72. The lowest BCUT2D eigenvalue weighted by Crippen LogP contribution is -2.34. The van der Waals surface area contributed by atoms with Crippen LogP contribution in [0.2, 0.25) is 0 Å². The third-order valence-electron chi connectivity index (χ3n) is 3.18. The first kappa shape index (κ1) is 14.3. The van der Waals surface area contributed by atoms with E-state index in [2.05, 4.69) is 0 Å². The third kappa shape index (κ3) is 3.08. The minimum Gasteiger partial charge on any atom is -0.408 e. The number of carbonyl (C=O) groups excluding carboxylic acids is 1. The highest BCUT2D eigenvalue weighted by atomic mass is 16.4. The predicted molar refractivity (Wildman–Crippen MR) is 74.4 cm³/mol. The van der Waals surface area contributed by atoms with Gasteiger partial charge in [-0.3, -0.25) is 9.36 Å². The van der Waals surface area contributed by atoms with Gasteiger partial charge in [-0.2, -0.15) is 0 Å². The molecule has 0 fully saturated rings. The Morgan fingerprint density at radius 2 is 2.15 bits per heavy atom. The molecule has 2 rings (SSSR count). The molecule has 1 heterocycles. The summed E-state index contributed by atoms with van der Waals surface area (Å²) < 4.78 is 6.39. The lowest BCUT2D eigenvalue weighted by atomic mass is 10.3. The smallest absolute Gasteiger partial charge is 0.408 e. The van der Waals surface area contributed by atoms with Crippen molar-refractivity contribution >= 4 is 17.0 Å². The van der Waals surface area contributed by atoms with E-state index in [0.717, 1.165) is 0 Å². The van der Waals surface area contributed by atoms with Gasteiger partial charge in [-0.1, -0.05) is 12.1 Å². The molecule has 0 aliphatic carbocycles. The summed E-state index contributed by atoms with van der Waals surface area (Å²) in [6, 6.07) is 6.99. The number of fused-ring (bicyclic) bond motifs is 1. The average molecular weight is 278 g/mol. The van der Waals surface area contributed by atoms with Crippen LogP contribution in [0, 0.1) is 0 Å². The summed E-state index contributed by atoms with van der Waals surface area (Å²) in [5.74, 6) is -0.734. The lowest BCUT2D eigenvalue weighted by molar-refractivity contribution is -0.130. The van der Waals surface area contributed by atoms with E-state index < -0.39 is 11.9 Å². The Labute approximate surface area is 116 Å². The van der Waals surface area contributed by atoms with Crippen molar-refractivity contribution in [1.29, 1.82) is 0 Å². The monoisotopic (exact) mass is 278 g/mol. The zero-order valence-electron chi connectivity index (χ0n) is 11.6. The highest BCUT2D eigenvalue weighted by Gasteiger charge is 2.15. The molecule has 0 radical (unpaired) electrons. The molecule has 1 aromatic carbocycles. The van der Waals surface area contributed by atoms with Crippen molar-refractivity contribution in [2.45, 2.75) is 26.0 Å². The molecule has 0 saturated carbocycles. The largest absolute Gasteiger partial charge is 0.420 e.